The summed E-state index contributed by atoms with van der Waals surface area (Å²) in [6.45, 7) is 2.35. The number of carboxylic acid groups (broad SMARTS) is 1. The van der Waals surface area contributed by atoms with Crippen molar-refractivity contribution in [2.24, 2.45) is 0 Å². The maximum atomic E-state index is 11.8. The van der Waals surface area contributed by atoms with Crippen LogP contribution in [0.15, 0.2) is 30.5 Å². The van der Waals surface area contributed by atoms with Crippen LogP contribution in [0.25, 0.3) is 0 Å². The van der Waals surface area contributed by atoms with Crippen molar-refractivity contribution >= 4 is 29.0 Å². The van der Waals surface area contributed by atoms with Gasteiger partial charge in [-0.3, -0.25) is 0 Å². The molecule has 2 aromatic rings. The highest BCUT2D eigenvalue weighted by Crippen LogP contribution is 2.15. The number of benzene rings is 1. The molecule has 0 aliphatic rings. The second kappa shape index (κ2) is 6.85. The lowest BCUT2D eigenvalue weighted by Crippen LogP contribution is -2.28. The molecular weight excluding hydrogens is 290 g/mol. The van der Waals surface area contributed by atoms with Crippen LogP contribution in [0.4, 0.5) is 10.5 Å². The molecule has 0 spiro atoms. The summed E-state index contributed by atoms with van der Waals surface area (Å²) in [6.07, 6.45) is 2.70. The number of nitrogens with zero attached hydrogens (tertiary/aromatic N) is 1. The van der Waals surface area contributed by atoms with Gasteiger partial charge < -0.3 is 15.7 Å². The number of anilines is 1. The Balaban J connectivity index is 1.94. The number of hydrogen-bond acceptors (Lipinski definition) is 4. The fraction of sp³-hybridized carbons (Fsp3) is 0.214. The summed E-state index contributed by atoms with van der Waals surface area (Å²) in [4.78, 5) is 28.2. The number of amides is 2. The summed E-state index contributed by atoms with van der Waals surface area (Å²) in [6, 6.07) is 5.79. The summed E-state index contributed by atoms with van der Waals surface area (Å²) < 4.78 is 0. The van der Waals surface area contributed by atoms with Crippen molar-refractivity contribution in [2.45, 2.75) is 19.9 Å². The van der Waals surface area contributed by atoms with Crippen molar-refractivity contribution in [3.8, 4) is 0 Å². The molecule has 0 unspecified atom stereocenters. The van der Waals surface area contributed by atoms with Crippen molar-refractivity contribution in [1.29, 1.82) is 0 Å². The van der Waals surface area contributed by atoms with E-state index in [-0.39, 0.29) is 11.3 Å². The van der Waals surface area contributed by atoms with E-state index in [4.69, 9.17) is 5.11 Å². The summed E-state index contributed by atoms with van der Waals surface area (Å²) >= 11 is 1.54. The number of thiazole rings is 1. The number of nitrogens with one attached hydrogen (secondary N) is 2. The number of aromatic nitrogens is 1. The van der Waals surface area contributed by atoms with Crippen molar-refractivity contribution in [2.75, 3.05) is 5.32 Å². The van der Waals surface area contributed by atoms with E-state index in [0.717, 1.165) is 16.3 Å². The Morgan fingerprint density at radius 2 is 2.10 bits per heavy atom. The van der Waals surface area contributed by atoms with Gasteiger partial charge in [0, 0.05) is 11.1 Å². The van der Waals surface area contributed by atoms with Gasteiger partial charge in [0.1, 0.15) is 5.01 Å². The van der Waals surface area contributed by atoms with Crippen LogP contribution in [0.2, 0.25) is 0 Å². The van der Waals surface area contributed by atoms with Crippen molar-refractivity contribution in [3.05, 3.63) is 45.9 Å². The second-order valence-electron chi connectivity index (χ2n) is 4.23. The van der Waals surface area contributed by atoms with E-state index in [1.165, 1.54) is 6.07 Å². The molecule has 0 bridgehead atoms. The van der Waals surface area contributed by atoms with Gasteiger partial charge in [0.15, 0.2) is 0 Å². The topological polar surface area (TPSA) is 91.3 Å². The predicted octanol–water partition coefficient (Wildman–Crippen LogP) is 2.73. The third-order valence-electron chi connectivity index (χ3n) is 2.76. The molecule has 0 saturated heterocycles. The second-order valence-corrected chi connectivity index (χ2v) is 5.43. The number of hydrogen-bond donors (Lipinski definition) is 3. The maximum Gasteiger partial charge on any atom is 0.337 e. The van der Waals surface area contributed by atoms with Crippen molar-refractivity contribution in [3.63, 3.8) is 0 Å². The Labute approximate surface area is 125 Å². The number of rotatable bonds is 5. The fourth-order valence-corrected chi connectivity index (χ4v) is 2.50. The molecule has 110 valence electrons. The van der Waals surface area contributed by atoms with Crippen LogP contribution in [0.3, 0.4) is 0 Å². The Morgan fingerprint density at radius 3 is 2.76 bits per heavy atom. The third kappa shape index (κ3) is 4.03. The predicted molar refractivity (Wildman–Crippen MR) is 80.8 cm³/mol. The Morgan fingerprint density at radius 1 is 1.33 bits per heavy atom. The lowest BCUT2D eigenvalue weighted by molar-refractivity contribution is 0.0698. The number of urea groups is 1. The van der Waals surface area contributed by atoms with E-state index in [1.54, 1.807) is 35.7 Å². The van der Waals surface area contributed by atoms with Gasteiger partial charge in [0.05, 0.1) is 17.8 Å². The van der Waals surface area contributed by atoms with Crippen LogP contribution < -0.4 is 10.6 Å². The van der Waals surface area contributed by atoms with E-state index in [1.807, 2.05) is 6.92 Å². The number of para-hydroxylation sites is 1. The highest BCUT2D eigenvalue weighted by atomic mass is 32.1. The van der Waals surface area contributed by atoms with Crippen LogP contribution in [0.5, 0.6) is 0 Å². The van der Waals surface area contributed by atoms with Gasteiger partial charge in [-0.2, -0.15) is 0 Å². The highest BCUT2D eigenvalue weighted by Gasteiger charge is 2.11. The SMILES string of the molecule is CCc1cnc(CNC(=O)Nc2ccccc2C(=O)O)s1. The molecule has 7 heteroatoms. The number of carbonyl (C=O) groups is 2. The maximum absolute atomic E-state index is 11.8. The van der Waals surface area contributed by atoms with E-state index < -0.39 is 12.0 Å². The first kappa shape index (κ1) is 15.0. The monoisotopic (exact) mass is 305 g/mol. The average molecular weight is 305 g/mol. The minimum Gasteiger partial charge on any atom is -0.478 e. The zero-order valence-electron chi connectivity index (χ0n) is 11.4. The molecule has 0 radical (unpaired) electrons. The quantitative estimate of drug-likeness (QED) is 0.792. The molecule has 0 aliphatic heterocycles. The van der Waals surface area contributed by atoms with Gasteiger partial charge in [-0.25, -0.2) is 14.6 Å². The molecule has 2 amide bonds. The molecule has 0 saturated carbocycles. The average Bonchev–Trinajstić information content (AvgIpc) is 2.93. The summed E-state index contributed by atoms with van der Waals surface area (Å²) in [5.74, 6) is -1.08. The van der Waals surface area contributed by atoms with Crippen LogP contribution in [-0.4, -0.2) is 22.1 Å². The lowest BCUT2D eigenvalue weighted by Gasteiger charge is -2.08. The van der Waals surface area contributed by atoms with Gasteiger partial charge in [-0.05, 0) is 18.6 Å². The molecular formula is C14H15N3O3S. The Kier molecular flexibility index (Phi) is 4.89. The van der Waals surface area contributed by atoms with E-state index in [0.29, 0.717) is 6.54 Å². The first-order valence-electron chi connectivity index (χ1n) is 6.41. The molecule has 3 N–H and O–H groups in total. The Hall–Kier alpha value is -2.41. The van der Waals surface area contributed by atoms with Crippen molar-refractivity contribution in [1.82, 2.24) is 10.3 Å². The van der Waals surface area contributed by atoms with E-state index >= 15 is 0 Å². The zero-order chi connectivity index (χ0) is 15.2. The number of aromatic carboxylic acids is 1. The fourth-order valence-electron chi connectivity index (χ4n) is 1.69. The largest absolute Gasteiger partial charge is 0.478 e. The van der Waals surface area contributed by atoms with E-state index in [9.17, 15) is 9.59 Å². The summed E-state index contributed by atoms with van der Waals surface area (Å²) in [5, 5.41) is 15.0. The first-order valence-corrected chi connectivity index (χ1v) is 7.22. The molecule has 6 nitrogen and oxygen atoms in total. The van der Waals surface area contributed by atoms with Gasteiger partial charge in [0.25, 0.3) is 0 Å². The van der Waals surface area contributed by atoms with Crippen LogP contribution in [-0.2, 0) is 13.0 Å². The molecule has 21 heavy (non-hydrogen) atoms. The van der Waals surface area contributed by atoms with Crippen LogP contribution in [0, 0.1) is 0 Å². The lowest BCUT2D eigenvalue weighted by atomic mass is 10.2. The zero-order valence-corrected chi connectivity index (χ0v) is 12.2. The molecule has 2 rings (SSSR count). The van der Waals surface area contributed by atoms with Gasteiger partial charge in [0.2, 0.25) is 0 Å². The molecule has 1 aromatic carbocycles. The smallest absolute Gasteiger partial charge is 0.337 e. The molecule has 1 aromatic heterocycles. The highest BCUT2D eigenvalue weighted by molar-refractivity contribution is 7.11. The molecule has 0 aliphatic carbocycles. The first-order chi connectivity index (χ1) is 10.1. The number of carboxylic acids is 1. The van der Waals surface area contributed by atoms with Gasteiger partial charge in [-0.15, -0.1) is 11.3 Å². The third-order valence-corrected chi connectivity index (χ3v) is 3.90. The molecule has 1 heterocycles. The minimum atomic E-state index is -1.08. The summed E-state index contributed by atoms with van der Waals surface area (Å²) in [5.41, 5.74) is 0.311. The number of aryl methyl sites for hydroxylation is 1. The van der Waals surface area contributed by atoms with Gasteiger partial charge >= 0.3 is 12.0 Å². The van der Waals surface area contributed by atoms with Gasteiger partial charge in [-0.1, -0.05) is 19.1 Å². The standard InChI is InChI=1S/C14H15N3O3S/c1-2-9-7-15-12(21-9)8-16-14(20)17-11-6-4-3-5-10(11)13(18)19/h3-7H,2,8H2,1H3,(H,18,19)(H2,16,17,20). The number of carbonyl (C=O) groups excluding carboxylic acids is 1. The van der Waals surface area contributed by atoms with Crippen LogP contribution in [0.1, 0.15) is 27.2 Å². The van der Waals surface area contributed by atoms with Crippen LogP contribution >= 0.6 is 11.3 Å². The van der Waals surface area contributed by atoms with E-state index in [2.05, 4.69) is 15.6 Å². The molecule has 0 fully saturated rings. The van der Waals surface area contributed by atoms with Crippen molar-refractivity contribution < 1.29 is 14.7 Å². The summed E-state index contributed by atoms with van der Waals surface area (Å²) in [7, 11) is 0. The molecule has 0 atom stereocenters. The normalized spacial score (nSPS) is 10.1. The minimum absolute atomic E-state index is 0.0511. The Bertz CT molecular complexity index is 654.